The zero-order chi connectivity index (χ0) is 46.7. The second kappa shape index (κ2) is 31.7. The standard InChI is InChI=1S/C38H73N12O10P/c1-21(2)31(32(42)54)50-30(53)19-61-38(60)28(17-23(4)52)48-34(56)24(5)45-37(59)29(18-51)49-36(58)27(13-10-16-44-25(6)41)47-35(57)26(12-9-15-43-20-40)46-33(55)22(3)11-7-8-14-39/h21-22,24,26-29,31,35,38,43-44,47,51,57,60-61H,3,6-20,39-41H2,1-2,4-5H3,(H6-,42,45,46,48,49,50,53,54,55,56,58,59)/p+1. The molecule has 0 bridgehead atoms. The van der Waals surface area contributed by atoms with Gasteiger partial charge in [-0.05, 0) is 77.8 Å². The number of carbonyl (C=O) groups is 7. The molecule has 19 N–H and O–H groups in total. The first-order chi connectivity index (χ1) is 28.7. The van der Waals surface area contributed by atoms with Gasteiger partial charge in [0, 0.05) is 25.8 Å². The van der Waals surface area contributed by atoms with E-state index in [1.165, 1.54) is 13.8 Å². The van der Waals surface area contributed by atoms with Crippen molar-refractivity contribution in [3.05, 3.63) is 19.3 Å². The van der Waals surface area contributed by atoms with Crippen molar-refractivity contribution in [2.45, 2.75) is 127 Å². The van der Waals surface area contributed by atoms with Crippen molar-refractivity contribution in [1.82, 2.24) is 42.5 Å². The van der Waals surface area contributed by atoms with E-state index in [1.807, 2.05) is 0 Å². The number of amides is 6. The molecule has 0 fully saturated rings. The third-order valence-electron chi connectivity index (χ3n) is 9.35. The average molecular weight is 890 g/mol. The Balaban J connectivity index is 5.90. The first kappa shape index (κ1) is 56.9. The Morgan fingerprint density at radius 3 is 1.93 bits per heavy atom. The van der Waals surface area contributed by atoms with Gasteiger partial charge < -0.3 is 75.5 Å². The van der Waals surface area contributed by atoms with E-state index in [0.717, 1.165) is 6.42 Å². The summed E-state index contributed by atoms with van der Waals surface area (Å²) in [4.78, 5) is 89.4. The summed E-state index contributed by atoms with van der Waals surface area (Å²) in [7, 11) is -0.494. The maximum Gasteiger partial charge on any atom is 0.268 e. The smallest absolute Gasteiger partial charge is 0.268 e. The summed E-state index contributed by atoms with van der Waals surface area (Å²) in [6.07, 6.45) is 1.07. The number of Topliss-reactive ketones (excluding diaryl/α,β-unsaturated/α-hetero) is 1. The first-order valence-electron chi connectivity index (χ1n) is 20.6. The summed E-state index contributed by atoms with van der Waals surface area (Å²) in [6, 6.07) is -6.99. The average Bonchev–Trinajstić information content (AvgIpc) is 3.18. The van der Waals surface area contributed by atoms with Crippen molar-refractivity contribution in [2.75, 3.05) is 39.1 Å². The van der Waals surface area contributed by atoms with Crippen LogP contribution in [0.2, 0.25) is 0 Å². The second-order valence-electron chi connectivity index (χ2n) is 15.2. The Hall–Kier alpha value is -4.15. The molecule has 0 saturated carbocycles. The quantitative estimate of drug-likeness (QED) is 0.0123. The lowest BCUT2D eigenvalue weighted by atomic mass is 10.0. The highest BCUT2D eigenvalue weighted by molar-refractivity contribution is 7.39. The summed E-state index contributed by atoms with van der Waals surface area (Å²) in [5.74, 6) is -6.71. The molecule has 0 aliphatic carbocycles. The monoisotopic (exact) mass is 890 g/mol. The van der Waals surface area contributed by atoms with E-state index in [-0.39, 0.29) is 49.6 Å². The van der Waals surface area contributed by atoms with Crippen LogP contribution in [0.5, 0.6) is 0 Å². The van der Waals surface area contributed by atoms with Crippen molar-refractivity contribution in [2.24, 2.45) is 34.8 Å². The molecule has 6 amide bonds. The zero-order valence-electron chi connectivity index (χ0n) is 36.1. The molecule has 22 nitrogen and oxygen atoms in total. The van der Waals surface area contributed by atoms with Gasteiger partial charge in [0.05, 0.1) is 43.3 Å². The Morgan fingerprint density at radius 1 is 0.754 bits per heavy atom. The van der Waals surface area contributed by atoms with Crippen LogP contribution in [0.1, 0.15) is 79.1 Å². The van der Waals surface area contributed by atoms with Crippen LogP contribution in [0.3, 0.4) is 0 Å². The number of aliphatic hydroxyl groups is 3. The molecule has 0 rings (SSSR count). The summed E-state index contributed by atoms with van der Waals surface area (Å²) in [6.45, 7) is 14.0. The highest BCUT2D eigenvalue weighted by Gasteiger charge is 2.33. The summed E-state index contributed by atoms with van der Waals surface area (Å²) in [5, 5.41) is 53.7. The van der Waals surface area contributed by atoms with Gasteiger partial charge in [-0.1, -0.05) is 29.0 Å². The van der Waals surface area contributed by atoms with Crippen molar-refractivity contribution in [1.29, 1.82) is 0 Å². The number of primary amides is 1. The van der Waals surface area contributed by atoms with Gasteiger partial charge in [0.2, 0.25) is 29.5 Å². The fourth-order valence-corrected chi connectivity index (χ4v) is 6.81. The second-order valence-corrected chi connectivity index (χ2v) is 16.6. The minimum atomic E-state index is -1.57. The molecule has 0 aromatic heterocycles. The van der Waals surface area contributed by atoms with Gasteiger partial charge in [-0.25, -0.2) is 0 Å². The Morgan fingerprint density at radius 2 is 1.38 bits per heavy atom. The molecule has 0 aliphatic rings. The number of unbranched alkanes of at least 4 members (excludes halogenated alkanes) is 1. The largest absolute Gasteiger partial charge is 0.394 e. The number of hydrogen-bond donors (Lipinski definition) is 15. The topological polar surface area (TPSA) is 380 Å². The number of nitrogens with one attached hydrogen (secondary N) is 8. The summed E-state index contributed by atoms with van der Waals surface area (Å²) < 4.78 is 0. The number of nitrogens with two attached hydrogens (primary N) is 4. The highest BCUT2D eigenvalue weighted by atomic mass is 31.1. The Bertz CT molecular complexity index is 1400. The molecule has 0 aromatic rings. The number of rotatable bonds is 35. The van der Waals surface area contributed by atoms with E-state index in [2.05, 4.69) is 56.0 Å². The lowest BCUT2D eigenvalue weighted by Gasteiger charge is -2.30. The maximum absolute atomic E-state index is 13.7. The molecule has 61 heavy (non-hydrogen) atoms. The van der Waals surface area contributed by atoms with Gasteiger partial charge in [0.25, 0.3) is 5.91 Å². The van der Waals surface area contributed by atoms with Crippen LogP contribution in [0.25, 0.3) is 0 Å². The van der Waals surface area contributed by atoms with E-state index in [9.17, 15) is 48.9 Å². The number of aliphatic hydroxyl groups excluding tert-OH is 3. The van der Waals surface area contributed by atoms with E-state index < -0.39 is 105 Å². The third-order valence-corrected chi connectivity index (χ3v) is 10.7. The molecule has 10 unspecified atom stereocenters. The number of ketones is 1. The van der Waals surface area contributed by atoms with Gasteiger partial charge in [0.1, 0.15) is 30.1 Å². The molecule has 350 valence electrons. The van der Waals surface area contributed by atoms with Crippen LogP contribution in [0, 0.1) is 18.8 Å². The van der Waals surface area contributed by atoms with Gasteiger partial charge >= 0.3 is 0 Å². The normalized spacial score (nSPS) is 15.9. The van der Waals surface area contributed by atoms with Crippen molar-refractivity contribution in [3.8, 4) is 0 Å². The number of hydrogen-bond acceptors (Lipinski definition) is 16. The third kappa shape index (κ3) is 24.8. The van der Waals surface area contributed by atoms with Gasteiger partial charge in [-0.2, -0.15) is 0 Å². The predicted molar refractivity (Wildman–Crippen MR) is 232 cm³/mol. The summed E-state index contributed by atoms with van der Waals surface area (Å²) >= 11 is 0. The molecule has 0 radical (unpaired) electrons. The maximum atomic E-state index is 13.7. The molecule has 0 aliphatic heterocycles. The Labute approximate surface area is 361 Å². The zero-order valence-corrected chi connectivity index (χ0v) is 37.1. The van der Waals surface area contributed by atoms with Crippen LogP contribution in [0.15, 0.2) is 12.4 Å². The molecular weight excluding hydrogens is 815 g/mol. The van der Waals surface area contributed by atoms with Gasteiger partial charge in [-0.3, -0.25) is 38.9 Å². The van der Waals surface area contributed by atoms with E-state index in [0.29, 0.717) is 45.3 Å². The lowest BCUT2D eigenvalue weighted by molar-refractivity contribution is -0.134. The molecule has 0 heterocycles. The summed E-state index contributed by atoms with van der Waals surface area (Å²) in [5.41, 5.74) is 22.1. The van der Waals surface area contributed by atoms with Gasteiger partial charge in [-0.15, -0.1) is 0 Å². The molecule has 0 spiro atoms. The SMILES string of the molecule is C=C(N)NCCCC(NC(O)C(CCCNCN)NC(=O)C([CH2+])CCCCN)C(=O)NC(CO)C(=O)NC(C)C(=O)NC(CC(C)=O)C(O)PCC(=O)NC(C(N)=O)C(C)C. The molecule has 23 heteroatoms. The first-order valence-corrected chi connectivity index (χ1v) is 21.8. The van der Waals surface area contributed by atoms with E-state index >= 15 is 0 Å². The van der Waals surface area contributed by atoms with Crippen molar-refractivity contribution >= 4 is 49.8 Å². The van der Waals surface area contributed by atoms with E-state index in [4.69, 9.17) is 22.9 Å². The molecule has 10 atom stereocenters. The lowest BCUT2D eigenvalue weighted by Crippen LogP contribution is -2.60. The molecule has 0 saturated heterocycles. The van der Waals surface area contributed by atoms with Crippen LogP contribution in [-0.2, 0) is 33.6 Å². The predicted octanol–water partition coefficient (Wildman–Crippen LogP) is -4.52. The van der Waals surface area contributed by atoms with Crippen LogP contribution < -0.4 is 65.5 Å². The fraction of sp³-hybridized carbons (Fsp3) is 0.737. The minimum absolute atomic E-state index is 0.0832. The van der Waals surface area contributed by atoms with Crippen molar-refractivity contribution in [3.63, 3.8) is 0 Å². The highest BCUT2D eigenvalue weighted by Crippen LogP contribution is 2.22. The minimum Gasteiger partial charge on any atom is -0.394 e. The van der Waals surface area contributed by atoms with Crippen LogP contribution >= 0.6 is 8.58 Å². The van der Waals surface area contributed by atoms with Crippen LogP contribution in [0.4, 0.5) is 0 Å². The van der Waals surface area contributed by atoms with Gasteiger partial charge in [0.15, 0.2) is 5.92 Å². The molecular formula is C38H74N12O10P+. The van der Waals surface area contributed by atoms with Crippen LogP contribution in [-0.4, -0.2) is 144 Å². The van der Waals surface area contributed by atoms with E-state index in [1.54, 1.807) is 13.8 Å². The fourth-order valence-electron chi connectivity index (χ4n) is 5.83. The Kier molecular flexibility index (Phi) is 29.5. The van der Waals surface area contributed by atoms with Crippen molar-refractivity contribution < 1.29 is 48.9 Å². The number of carbonyl (C=O) groups excluding carboxylic acids is 7. The molecule has 0 aromatic carbocycles.